The molecule has 28 heavy (non-hydrogen) atoms. The number of carbonyl (C=O) groups excluding carboxylic acids is 2. The number of benzene rings is 2. The van der Waals surface area contributed by atoms with Gasteiger partial charge in [0.2, 0.25) is 5.78 Å². The van der Waals surface area contributed by atoms with Crippen molar-refractivity contribution in [2.45, 2.75) is 6.17 Å². The Hall–Kier alpha value is -3.32. The standard InChI is InChI=1S/C21H20N2O4S/c1-26-15-10-11-17(27-2)16(13-15)22-20(19(24)18-9-6-12-28-18)23-21(25)14-7-4-3-5-8-14/h3-13,20,22H,1-2H3,(H,23,25)/t20-/m1/s1. The molecule has 0 aliphatic rings. The first-order valence-electron chi connectivity index (χ1n) is 8.54. The van der Waals surface area contributed by atoms with Gasteiger partial charge in [-0.25, -0.2) is 0 Å². The minimum absolute atomic E-state index is 0.246. The van der Waals surface area contributed by atoms with E-state index in [0.29, 0.717) is 27.6 Å². The number of amides is 1. The van der Waals surface area contributed by atoms with Gasteiger partial charge >= 0.3 is 0 Å². The summed E-state index contributed by atoms with van der Waals surface area (Å²) < 4.78 is 10.6. The number of ether oxygens (including phenoxy) is 2. The van der Waals surface area contributed by atoms with E-state index in [0.717, 1.165) is 0 Å². The molecule has 1 amide bonds. The van der Waals surface area contributed by atoms with Crippen LogP contribution in [0.25, 0.3) is 0 Å². The van der Waals surface area contributed by atoms with Crippen molar-refractivity contribution in [2.75, 3.05) is 19.5 Å². The molecule has 0 aliphatic carbocycles. The number of carbonyl (C=O) groups is 2. The summed E-state index contributed by atoms with van der Waals surface area (Å²) in [5.41, 5.74) is 0.996. The average Bonchev–Trinajstić information content (AvgIpc) is 3.28. The van der Waals surface area contributed by atoms with E-state index < -0.39 is 6.17 Å². The predicted molar refractivity (Wildman–Crippen MR) is 110 cm³/mol. The van der Waals surface area contributed by atoms with Crippen LogP contribution in [0.15, 0.2) is 66.0 Å². The van der Waals surface area contributed by atoms with Crippen LogP contribution in [0.5, 0.6) is 11.5 Å². The van der Waals surface area contributed by atoms with Gasteiger partial charge < -0.3 is 20.1 Å². The van der Waals surface area contributed by atoms with Crippen LogP contribution in [0.2, 0.25) is 0 Å². The molecule has 144 valence electrons. The van der Waals surface area contributed by atoms with Crippen molar-refractivity contribution in [2.24, 2.45) is 0 Å². The van der Waals surface area contributed by atoms with Gasteiger partial charge in [-0.1, -0.05) is 24.3 Å². The second kappa shape index (κ2) is 9.05. The van der Waals surface area contributed by atoms with E-state index in [1.807, 2.05) is 11.4 Å². The third-order valence-corrected chi connectivity index (χ3v) is 4.93. The summed E-state index contributed by atoms with van der Waals surface area (Å²) in [4.78, 5) is 26.2. The number of anilines is 1. The first-order chi connectivity index (χ1) is 13.6. The Morgan fingerprint density at radius 2 is 1.75 bits per heavy atom. The maximum absolute atomic E-state index is 13.0. The molecular weight excluding hydrogens is 376 g/mol. The second-order valence-corrected chi connectivity index (χ2v) is 6.77. The van der Waals surface area contributed by atoms with E-state index in [1.165, 1.54) is 18.4 Å². The zero-order valence-corrected chi connectivity index (χ0v) is 16.3. The molecule has 0 spiro atoms. The predicted octanol–water partition coefficient (Wildman–Crippen LogP) is 3.82. The molecule has 1 heterocycles. The van der Waals surface area contributed by atoms with Gasteiger partial charge in [0.1, 0.15) is 11.5 Å². The second-order valence-electron chi connectivity index (χ2n) is 5.82. The van der Waals surface area contributed by atoms with Gasteiger partial charge in [0.05, 0.1) is 24.8 Å². The lowest BCUT2D eigenvalue weighted by Crippen LogP contribution is -2.46. The number of hydrogen-bond acceptors (Lipinski definition) is 6. The SMILES string of the molecule is COc1ccc(OC)c(N[C@H](NC(=O)c2ccccc2)C(=O)c2cccs2)c1. The minimum Gasteiger partial charge on any atom is -0.497 e. The van der Waals surface area contributed by atoms with Crippen molar-refractivity contribution in [3.05, 3.63) is 76.5 Å². The smallest absolute Gasteiger partial charge is 0.253 e. The molecule has 7 heteroatoms. The lowest BCUT2D eigenvalue weighted by molar-refractivity contribution is 0.0871. The van der Waals surface area contributed by atoms with Gasteiger partial charge in [-0.3, -0.25) is 9.59 Å². The van der Waals surface area contributed by atoms with Crippen molar-refractivity contribution in [3.63, 3.8) is 0 Å². The van der Waals surface area contributed by atoms with Gasteiger partial charge in [-0.05, 0) is 35.7 Å². The van der Waals surface area contributed by atoms with Crippen molar-refractivity contribution in [1.82, 2.24) is 5.32 Å². The maximum atomic E-state index is 13.0. The fraction of sp³-hybridized carbons (Fsp3) is 0.143. The summed E-state index contributed by atoms with van der Waals surface area (Å²) in [7, 11) is 3.09. The normalized spacial score (nSPS) is 11.4. The minimum atomic E-state index is -0.979. The molecule has 3 rings (SSSR count). The van der Waals surface area contributed by atoms with E-state index in [2.05, 4.69) is 10.6 Å². The molecule has 1 aromatic heterocycles. The Balaban J connectivity index is 1.90. The lowest BCUT2D eigenvalue weighted by Gasteiger charge is -2.21. The number of hydrogen-bond donors (Lipinski definition) is 2. The van der Waals surface area contributed by atoms with Crippen molar-refractivity contribution in [1.29, 1.82) is 0 Å². The van der Waals surface area contributed by atoms with E-state index in [1.54, 1.807) is 61.7 Å². The van der Waals surface area contributed by atoms with Crippen LogP contribution in [0.3, 0.4) is 0 Å². The molecule has 1 atom stereocenters. The Kier molecular flexibility index (Phi) is 6.29. The van der Waals surface area contributed by atoms with Gasteiger partial charge in [0, 0.05) is 11.6 Å². The van der Waals surface area contributed by atoms with Crippen LogP contribution in [0.4, 0.5) is 5.69 Å². The molecule has 2 aromatic carbocycles. The van der Waals surface area contributed by atoms with Crippen LogP contribution in [-0.4, -0.2) is 32.1 Å². The summed E-state index contributed by atoms with van der Waals surface area (Å²) in [6.07, 6.45) is -0.979. The van der Waals surface area contributed by atoms with E-state index in [9.17, 15) is 9.59 Å². The Morgan fingerprint density at radius 3 is 2.39 bits per heavy atom. The monoisotopic (exact) mass is 396 g/mol. The molecular formula is C21H20N2O4S. The highest BCUT2D eigenvalue weighted by Crippen LogP contribution is 2.29. The zero-order valence-electron chi connectivity index (χ0n) is 15.5. The van der Waals surface area contributed by atoms with Crippen LogP contribution in [-0.2, 0) is 0 Å². The van der Waals surface area contributed by atoms with Crippen molar-refractivity contribution in [3.8, 4) is 11.5 Å². The Morgan fingerprint density at radius 1 is 0.964 bits per heavy atom. The molecule has 6 nitrogen and oxygen atoms in total. The molecule has 0 aliphatic heterocycles. The first-order valence-corrected chi connectivity index (χ1v) is 9.42. The fourth-order valence-corrected chi connectivity index (χ4v) is 3.31. The van der Waals surface area contributed by atoms with E-state index >= 15 is 0 Å². The number of rotatable bonds is 8. The quantitative estimate of drug-likeness (QED) is 0.447. The highest BCUT2D eigenvalue weighted by atomic mass is 32.1. The molecule has 0 fully saturated rings. The third kappa shape index (κ3) is 4.50. The Labute approximate surface area is 167 Å². The Bertz CT molecular complexity index is 942. The number of Topliss-reactive ketones (excluding diaryl/α,β-unsaturated/α-hetero) is 1. The summed E-state index contributed by atoms with van der Waals surface area (Å²) in [5, 5.41) is 7.67. The summed E-state index contributed by atoms with van der Waals surface area (Å²) in [5.74, 6) is 0.521. The van der Waals surface area contributed by atoms with Gasteiger partial charge in [-0.2, -0.15) is 0 Å². The van der Waals surface area contributed by atoms with Crippen molar-refractivity contribution >= 4 is 28.7 Å². The number of ketones is 1. The largest absolute Gasteiger partial charge is 0.497 e. The average molecular weight is 396 g/mol. The zero-order chi connectivity index (χ0) is 19.9. The van der Waals surface area contributed by atoms with Gasteiger partial charge in [0.15, 0.2) is 6.17 Å². The fourth-order valence-electron chi connectivity index (χ4n) is 2.61. The lowest BCUT2D eigenvalue weighted by atomic mass is 10.2. The van der Waals surface area contributed by atoms with Crippen LogP contribution >= 0.6 is 11.3 Å². The van der Waals surface area contributed by atoms with Gasteiger partial charge in [0.25, 0.3) is 5.91 Å². The van der Waals surface area contributed by atoms with Gasteiger partial charge in [-0.15, -0.1) is 11.3 Å². The molecule has 0 radical (unpaired) electrons. The molecule has 0 saturated carbocycles. The molecule has 0 saturated heterocycles. The number of nitrogens with one attached hydrogen (secondary N) is 2. The molecule has 0 bridgehead atoms. The van der Waals surface area contributed by atoms with Crippen molar-refractivity contribution < 1.29 is 19.1 Å². The molecule has 0 unspecified atom stereocenters. The topological polar surface area (TPSA) is 76.7 Å². The third-order valence-electron chi connectivity index (χ3n) is 4.04. The number of methoxy groups -OCH3 is 2. The van der Waals surface area contributed by atoms with Crippen LogP contribution < -0.4 is 20.1 Å². The van der Waals surface area contributed by atoms with E-state index in [4.69, 9.17) is 9.47 Å². The summed E-state index contributed by atoms with van der Waals surface area (Å²) in [6.45, 7) is 0. The maximum Gasteiger partial charge on any atom is 0.253 e. The highest BCUT2D eigenvalue weighted by Gasteiger charge is 2.24. The molecule has 3 aromatic rings. The molecule has 2 N–H and O–H groups in total. The summed E-state index contributed by atoms with van der Waals surface area (Å²) >= 11 is 1.31. The summed E-state index contributed by atoms with van der Waals surface area (Å²) in [6, 6.07) is 17.4. The first kappa shape index (κ1) is 19.4. The van der Waals surface area contributed by atoms with Crippen LogP contribution in [0, 0.1) is 0 Å². The van der Waals surface area contributed by atoms with Crippen LogP contribution in [0.1, 0.15) is 20.0 Å². The van der Waals surface area contributed by atoms with E-state index in [-0.39, 0.29) is 11.7 Å². The number of thiophene rings is 1. The highest BCUT2D eigenvalue weighted by molar-refractivity contribution is 7.12.